The number of aromatic nitrogens is 4. The van der Waals surface area contributed by atoms with Crippen LogP contribution in [-0.2, 0) is 32.5 Å². The molecule has 4 aromatic rings. The van der Waals surface area contributed by atoms with Gasteiger partial charge in [-0.25, -0.2) is 4.98 Å². The number of aliphatic hydroxyl groups is 1. The number of hydrogen-bond acceptors (Lipinski definition) is 10. The quantitative estimate of drug-likeness (QED) is 0.125. The van der Waals surface area contributed by atoms with E-state index in [1.165, 1.54) is 4.90 Å². The molecule has 2 aromatic heterocycles. The van der Waals surface area contributed by atoms with E-state index in [2.05, 4.69) is 25.7 Å². The molecule has 0 spiro atoms. The molecule has 0 radical (unpaired) electrons. The van der Waals surface area contributed by atoms with Crippen LogP contribution < -0.4 is 10.6 Å². The van der Waals surface area contributed by atoms with Crippen LogP contribution in [0.5, 0.6) is 0 Å². The maximum atomic E-state index is 14.2. The molecule has 12 nitrogen and oxygen atoms in total. The molecule has 0 atom stereocenters. The van der Waals surface area contributed by atoms with Gasteiger partial charge in [-0.1, -0.05) is 18.2 Å². The van der Waals surface area contributed by atoms with Gasteiger partial charge in [-0.3, -0.25) is 14.0 Å². The van der Waals surface area contributed by atoms with Gasteiger partial charge in [0.1, 0.15) is 11.4 Å². The van der Waals surface area contributed by atoms with Crippen molar-refractivity contribution in [1.29, 1.82) is 0 Å². The molecular weight excluding hydrogens is 674 g/mol. The van der Waals surface area contributed by atoms with E-state index >= 15 is 0 Å². The molecule has 1 aliphatic carbocycles. The van der Waals surface area contributed by atoms with Gasteiger partial charge in [0.05, 0.1) is 49.0 Å². The summed E-state index contributed by atoms with van der Waals surface area (Å²) in [4.78, 5) is 23.0. The number of hydrogen-bond donors (Lipinski definition) is 3. The predicted molar refractivity (Wildman–Crippen MR) is 182 cm³/mol. The maximum absolute atomic E-state index is 14.2. The lowest BCUT2D eigenvalue weighted by atomic mass is 9.93. The minimum absolute atomic E-state index is 0.0602. The van der Waals surface area contributed by atoms with Crippen molar-refractivity contribution < 1.29 is 36.7 Å². The van der Waals surface area contributed by atoms with Crippen molar-refractivity contribution in [3.05, 3.63) is 77.2 Å². The number of carbonyl (C=O) groups is 1. The molecule has 0 saturated heterocycles. The molecule has 1 aliphatic heterocycles. The molecule has 3 N–H and O–H groups in total. The smallest absolute Gasteiger partial charge is 0.393 e. The van der Waals surface area contributed by atoms with Crippen molar-refractivity contribution in [2.24, 2.45) is 0 Å². The van der Waals surface area contributed by atoms with Crippen molar-refractivity contribution in [1.82, 2.24) is 24.6 Å². The molecular formula is C34H39F3N7O5P. The van der Waals surface area contributed by atoms with E-state index in [0.29, 0.717) is 35.9 Å². The van der Waals surface area contributed by atoms with Crippen molar-refractivity contribution in [3.63, 3.8) is 0 Å². The summed E-state index contributed by atoms with van der Waals surface area (Å²) >= 11 is 0. The number of anilines is 4. The summed E-state index contributed by atoms with van der Waals surface area (Å²) in [6.07, 6.45) is 2.33. The Morgan fingerprint density at radius 3 is 2.36 bits per heavy atom. The van der Waals surface area contributed by atoms with Gasteiger partial charge >= 0.3 is 13.8 Å². The summed E-state index contributed by atoms with van der Waals surface area (Å²) in [5.41, 5.74) is 2.71. The Bertz CT molecular complexity index is 1880. The highest BCUT2D eigenvalue weighted by atomic mass is 31.2. The van der Waals surface area contributed by atoms with Gasteiger partial charge in [0.25, 0.3) is 5.91 Å². The summed E-state index contributed by atoms with van der Waals surface area (Å²) in [5.74, 6) is -0.968. The summed E-state index contributed by atoms with van der Waals surface area (Å²) < 4.78 is 68.1. The molecule has 266 valence electrons. The highest BCUT2D eigenvalue weighted by Gasteiger charge is 2.37. The van der Waals surface area contributed by atoms with Crippen LogP contribution in [0.2, 0.25) is 0 Å². The third-order valence-electron chi connectivity index (χ3n) is 8.81. The zero-order valence-electron chi connectivity index (χ0n) is 27.9. The van der Waals surface area contributed by atoms with Crippen LogP contribution in [0.1, 0.15) is 72.6 Å². The first-order valence-corrected chi connectivity index (χ1v) is 18.2. The van der Waals surface area contributed by atoms with Gasteiger partial charge in [0, 0.05) is 37.2 Å². The summed E-state index contributed by atoms with van der Waals surface area (Å²) in [7, 11) is -1.69. The lowest BCUT2D eigenvalue weighted by molar-refractivity contribution is -0.137. The second kappa shape index (κ2) is 14.5. The standard InChI is InChI=1S/C34H39F3N7O5P/c1-4-48-50(47,49-5-2)20-21-6-8-23(9-7-21)40-33-38-17-28(34(35,36)37)31(42-33)41-29-15-14-26(27-19-43(3)32(46)30(27)29)22-16-39-44(18-22)24-10-12-25(45)13-11-24/h6-9,14-18,24-25,45H,4-5,10-13,19-20H2,1-3H3,(H2,38,40,41,42). The first kappa shape index (κ1) is 35.5. The third-order valence-corrected chi connectivity index (χ3v) is 10.9. The molecule has 1 saturated carbocycles. The zero-order chi connectivity index (χ0) is 35.6. The van der Waals surface area contributed by atoms with Gasteiger partial charge in [0.2, 0.25) is 5.95 Å². The average molecular weight is 714 g/mol. The molecule has 16 heteroatoms. The first-order chi connectivity index (χ1) is 23.9. The summed E-state index contributed by atoms with van der Waals surface area (Å²) in [5, 5.41) is 20.2. The van der Waals surface area contributed by atoms with Crippen LogP contribution in [-0.4, -0.2) is 62.0 Å². The Morgan fingerprint density at radius 1 is 1.00 bits per heavy atom. The van der Waals surface area contributed by atoms with Crippen molar-refractivity contribution in [2.45, 2.75) is 70.6 Å². The Morgan fingerprint density at radius 2 is 1.70 bits per heavy atom. The van der Waals surface area contributed by atoms with E-state index < -0.39 is 25.2 Å². The Labute approximate surface area is 287 Å². The number of nitrogens with zero attached hydrogens (tertiary/aromatic N) is 5. The Hall–Kier alpha value is -4.30. The minimum atomic E-state index is -4.79. The largest absolute Gasteiger partial charge is 0.421 e. The number of benzene rings is 2. The highest BCUT2D eigenvalue weighted by molar-refractivity contribution is 7.53. The Balaban J connectivity index is 1.27. The number of amides is 1. The van der Waals surface area contributed by atoms with E-state index in [-0.39, 0.29) is 61.2 Å². The summed E-state index contributed by atoms with van der Waals surface area (Å²) in [6, 6.07) is 10.2. The normalized spacial score (nSPS) is 18.0. The number of alkyl halides is 3. The van der Waals surface area contributed by atoms with Crippen LogP contribution in [0.25, 0.3) is 11.1 Å². The maximum Gasteiger partial charge on any atom is 0.421 e. The minimum Gasteiger partial charge on any atom is -0.393 e. The molecule has 0 unspecified atom stereocenters. The number of fused-ring (bicyclic) bond motifs is 1. The monoisotopic (exact) mass is 713 g/mol. The van der Waals surface area contributed by atoms with E-state index in [1.807, 2.05) is 10.9 Å². The molecule has 2 aromatic carbocycles. The third kappa shape index (κ3) is 7.70. The zero-order valence-corrected chi connectivity index (χ0v) is 28.8. The van der Waals surface area contributed by atoms with Crippen LogP contribution in [0, 0.1) is 0 Å². The molecule has 50 heavy (non-hydrogen) atoms. The predicted octanol–water partition coefficient (Wildman–Crippen LogP) is 7.67. The molecule has 6 rings (SSSR count). The van der Waals surface area contributed by atoms with Crippen molar-refractivity contribution in [3.8, 4) is 11.1 Å². The van der Waals surface area contributed by atoms with Gasteiger partial charge in [-0.15, -0.1) is 0 Å². The number of halogens is 3. The van der Waals surface area contributed by atoms with E-state index in [0.717, 1.165) is 24.0 Å². The lowest BCUT2D eigenvalue weighted by Gasteiger charge is -2.25. The van der Waals surface area contributed by atoms with Crippen LogP contribution in [0.3, 0.4) is 0 Å². The number of rotatable bonds is 12. The SMILES string of the molecule is CCOP(=O)(Cc1ccc(Nc2ncc(C(F)(F)F)c(Nc3ccc(-c4cnn(C5CCC(O)CC5)c4)c4c3C(=O)N(C)C4)n2)cc1)OCC. The number of nitrogens with one attached hydrogen (secondary N) is 2. The van der Waals surface area contributed by atoms with Crippen LogP contribution in [0.4, 0.5) is 36.3 Å². The van der Waals surface area contributed by atoms with E-state index in [1.54, 1.807) is 63.5 Å². The number of carbonyl (C=O) groups excluding carboxylic acids is 1. The van der Waals surface area contributed by atoms with Gasteiger partial charge in [-0.05, 0) is 74.4 Å². The molecule has 1 fully saturated rings. The average Bonchev–Trinajstić information content (AvgIpc) is 3.67. The van der Waals surface area contributed by atoms with Crippen molar-refractivity contribution >= 4 is 36.6 Å². The lowest BCUT2D eigenvalue weighted by Crippen LogP contribution is -2.21. The molecule has 3 heterocycles. The fourth-order valence-electron chi connectivity index (χ4n) is 6.37. The Kier molecular flexibility index (Phi) is 10.3. The molecule has 0 bridgehead atoms. The van der Waals surface area contributed by atoms with Gasteiger partial charge in [0.15, 0.2) is 0 Å². The highest BCUT2D eigenvalue weighted by Crippen LogP contribution is 2.51. The van der Waals surface area contributed by atoms with Crippen molar-refractivity contribution in [2.75, 3.05) is 30.9 Å². The van der Waals surface area contributed by atoms with Crippen LogP contribution >= 0.6 is 7.60 Å². The number of aliphatic hydroxyl groups excluding tert-OH is 1. The molecule has 1 amide bonds. The fourth-order valence-corrected chi connectivity index (χ4v) is 8.07. The topological polar surface area (TPSA) is 144 Å². The second-order valence-corrected chi connectivity index (χ2v) is 14.4. The molecule has 2 aliphatic rings. The fraction of sp³-hybridized carbons (Fsp3) is 0.412. The van der Waals surface area contributed by atoms with E-state index in [9.17, 15) is 27.6 Å². The second-order valence-electron chi connectivity index (χ2n) is 12.4. The first-order valence-electron chi connectivity index (χ1n) is 16.5. The van der Waals surface area contributed by atoms with E-state index in [4.69, 9.17) is 9.05 Å². The van der Waals surface area contributed by atoms with Gasteiger partial charge < -0.3 is 29.7 Å². The van der Waals surface area contributed by atoms with Gasteiger partial charge in [-0.2, -0.15) is 23.3 Å². The van der Waals surface area contributed by atoms with Crippen LogP contribution in [0.15, 0.2) is 55.0 Å². The summed E-state index contributed by atoms with van der Waals surface area (Å²) in [6.45, 7) is 4.19.